The lowest BCUT2D eigenvalue weighted by molar-refractivity contribution is 0.0600. The van der Waals surface area contributed by atoms with Crippen molar-refractivity contribution >= 4 is 17.8 Å². The van der Waals surface area contributed by atoms with Crippen LogP contribution < -0.4 is 0 Å². The van der Waals surface area contributed by atoms with Crippen molar-refractivity contribution < 1.29 is 14.3 Å². The molecule has 0 radical (unpaired) electrons. The third-order valence-electron chi connectivity index (χ3n) is 4.49. The van der Waals surface area contributed by atoms with Gasteiger partial charge in [-0.05, 0) is 49.8 Å². The first-order valence-electron chi connectivity index (χ1n) is 8.67. The van der Waals surface area contributed by atoms with Crippen LogP contribution in [0.1, 0.15) is 37.7 Å². The summed E-state index contributed by atoms with van der Waals surface area (Å²) in [4.78, 5) is 24.4. The van der Waals surface area contributed by atoms with Crippen molar-refractivity contribution in [3.63, 3.8) is 0 Å². The molecule has 0 saturated heterocycles. The van der Waals surface area contributed by atoms with E-state index >= 15 is 0 Å². The van der Waals surface area contributed by atoms with Gasteiger partial charge in [0.2, 0.25) is 0 Å². The fraction of sp³-hybridized carbons (Fsp3) is 0.130. The summed E-state index contributed by atoms with van der Waals surface area (Å²) in [5.74, 6) is -0.426. The van der Waals surface area contributed by atoms with Gasteiger partial charge in [0, 0.05) is 17.0 Å². The van der Waals surface area contributed by atoms with E-state index in [0.717, 1.165) is 22.6 Å². The Morgan fingerprint density at radius 2 is 1.63 bits per heavy atom. The molecule has 0 aliphatic heterocycles. The third kappa shape index (κ3) is 3.75. The third-order valence-corrected chi connectivity index (χ3v) is 4.49. The number of hydrogen-bond acceptors (Lipinski definition) is 3. The topological polar surface area (TPSA) is 48.3 Å². The van der Waals surface area contributed by atoms with Crippen LogP contribution in [0.5, 0.6) is 0 Å². The van der Waals surface area contributed by atoms with E-state index < -0.39 is 0 Å². The number of nitrogens with zero attached hydrogens (tertiary/aromatic N) is 1. The highest BCUT2D eigenvalue weighted by Gasteiger charge is 2.16. The molecule has 0 N–H and O–H groups in total. The van der Waals surface area contributed by atoms with Crippen molar-refractivity contribution in [3.8, 4) is 5.69 Å². The zero-order chi connectivity index (χ0) is 19.4. The highest BCUT2D eigenvalue weighted by Crippen LogP contribution is 2.25. The summed E-state index contributed by atoms with van der Waals surface area (Å²) in [7, 11) is 1.37. The van der Waals surface area contributed by atoms with Gasteiger partial charge in [-0.3, -0.25) is 4.79 Å². The van der Waals surface area contributed by atoms with Crippen molar-refractivity contribution in [3.05, 3.63) is 94.8 Å². The van der Waals surface area contributed by atoms with E-state index in [1.807, 2.05) is 67.0 Å². The number of aromatic nitrogens is 1. The van der Waals surface area contributed by atoms with Gasteiger partial charge in [0.15, 0.2) is 5.78 Å². The predicted octanol–water partition coefficient (Wildman–Crippen LogP) is 4.78. The number of esters is 1. The Hall–Kier alpha value is -3.40. The first-order valence-corrected chi connectivity index (χ1v) is 8.67. The zero-order valence-corrected chi connectivity index (χ0v) is 15.6. The molecule has 0 bridgehead atoms. The monoisotopic (exact) mass is 359 g/mol. The molecule has 0 amide bonds. The van der Waals surface area contributed by atoms with E-state index in [1.54, 1.807) is 24.3 Å². The summed E-state index contributed by atoms with van der Waals surface area (Å²) >= 11 is 0. The molecule has 0 spiro atoms. The molecule has 2 aromatic carbocycles. The van der Waals surface area contributed by atoms with Crippen LogP contribution in [0.15, 0.2) is 66.7 Å². The molecule has 1 heterocycles. The number of carbonyl (C=O) groups is 2. The summed E-state index contributed by atoms with van der Waals surface area (Å²) in [6, 6.07) is 18.5. The molecular formula is C23H21NO3. The van der Waals surface area contributed by atoms with Crippen LogP contribution >= 0.6 is 0 Å². The molecule has 27 heavy (non-hydrogen) atoms. The van der Waals surface area contributed by atoms with Gasteiger partial charge >= 0.3 is 5.97 Å². The average molecular weight is 359 g/mol. The number of ketones is 1. The summed E-state index contributed by atoms with van der Waals surface area (Å²) in [6.07, 6.45) is 3.39. The Bertz CT molecular complexity index is 1010. The second-order valence-corrected chi connectivity index (χ2v) is 6.23. The van der Waals surface area contributed by atoms with Gasteiger partial charge in [-0.2, -0.15) is 0 Å². The van der Waals surface area contributed by atoms with Crippen LogP contribution in [0.2, 0.25) is 0 Å². The predicted molar refractivity (Wildman–Crippen MR) is 106 cm³/mol. The van der Waals surface area contributed by atoms with Crippen LogP contribution in [0.25, 0.3) is 11.8 Å². The van der Waals surface area contributed by atoms with Gasteiger partial charge < -0.3 is 9.30 Å². The first-order chi connectivity index (χ1) is 13.0. The maximum Gasteiger partial charge on any atom is 0.339 e. The molecule has 0 fully saturated rings. The van der Waals surface area contributed by atoms with Gasteiger partial charge in [-0.1, -0.05) is 42.5 Å². The van der Waals surface area contributed by atoms with E-state index in [4.69, 9.17) is 4.74 Å². The molecule has 0 unspecified atom stereocenters. The van der Waals surface area contributed by atoms with Gasteiger partial charge in [0.25, 0.3) is 0 Å². The lowest BCUT2D eigenvalue weighted by Gasteiger charge is -2.13. The number of benzene rings is 2. The molecular weight excluding hydrogens is 338 g/mol. The summed E-state index contributed by atoms with van der Waals surface area (Å²) < 4.78 is 6.90. The number of rotatable bonds is 5. The SMILES string of the molecule is COC(=O)c1ccccc1-n1c(C)cc(/C=C/C(=O)c2ccccc2)c1C. The minimum absolute atomic E-state index is 0.0460. The summed E-state index contributed by atoms with van der Waals surface area (Å²) in [5, 5.41) is 0. The minimum atomic E-state index is -0.380. The second-order valence-electron chi connectivity index (χ2n) is 6.23. The van der Waals surface area contributed by atoms with E-state index in [-0.39, 0.29) is 11.8 Å². The fourth-order valence-corrected chi connectivity index (χ4v) is 3.14. The van der Waals surface area contributed by atoms with Crippen molar-refractivity contribution in [1.29, 1.82) is 0 Å². The molecule has 1 aromatic heterocycles. The molecule has 0 aliphatic rings. The number of aryl methyl sites for hydroxylation is 1. The van der Waals surface area contributed by atoms with Gasteiger partial charge in [-0.25, -0.2) is 4.79 Å². The average Bonchev–Trinajstić information content (AvgIpc) is 2.99. The van der Waals surface area contributed by atoms with Crippen LogP contribution in [-0.4, -0.2) is 23.4 Å². The number of ether oxygens (including phenoxy) is 1. The number of hydrogen-bond donors (Lipinski definition) is 0. The van der Waals surface area contributed by atoms with Crippen molar-refractivity contribution in [2.24, 2.45) is 0 Å². The fourth-order valence-electron chi connectivity index (χ4n) is 3.14. The summed E-state index contributed by atoms with van der Waals surface area (Å²) in [5.41, 5.74) is 4.75. The van der Waals surface area contributed by atoms with Crippen molar-refractivity contribution in [2.45, 2.75) is 13.8 Å². The molecule has 3 rings (SSSR count). The van der Waals surface area contributed by atoms with Crippen LogP contribution in [0.4, 0.5) is 0 Å². The Labute approximate surface area is 158 Å². The quantitative estimate of drug-likeness (QED) is 0.374. The van der Waals surface area contributed by atoms with E-state index in [1.165, 1.54) is 7.11 Å². The number of para-hydroxylation sites is 1. The van der Waals surface area contributed by atoms with E-state index in [9.17, 15) is 9.59 Å². The molecule has 4 nitrogen and oxygen atoms in total. The van der Waals surface area contributed by atoms with Crippen LogP contribution in [0.3, 0.4) is 0 Å². The highest BCUT2D eigenvalue weighted by atomic mass is 16.5. The molecule has 4 heteroatoms. The largest absolute Gasteiger partial charge is 0.465 e. The van der Waals surface area contributed by atoms with Crippen LogP contribution in [0, 0.1) is 13.8 Å². The second kappa shape index (κ2) is 7.87. The zero-order valence-electron chi connectivity index (χ0n) is 15.6. The maximum atomic E-state index is 12.3. The molecule has 0 saturated carbocycles. The minimum Gasteiger partial charge on any atom is -0.465 e. The normalized spacial score (nSPS) is 10.9. The van der Waals surface area contributed by atoms with Crippen LogP contribution in [-0.2, 0) is 4.74 Å². The first kappa shape index (κ1) is 18.4. The van der Waals surface area contributed by atoms with Crippen molar-refractivity contribution in [2.75, 3.05) is 7.11 Å². The number of methoxy groups -OCH3 is 1. The van der Waals surface area contributed by atoms with E-state index in [2.05, 4.69) is 0 Å². The molecule has 136 valence electrons. The molecule has 0 aliphatic carbocycles. The number of allylic oxidation sites excluding steroid dienone is 1. The maximum absolute atomic E-state index is 12.3. The van der Waals surface area contributed by atoms with Gasteiger partial charge in [0.05, 0.1) is 18.4 Å². The Balaban J connectivity index is 1.98. The van der Waals surface area contributed by atoms with Gasteiger partial charge in [0.1, 0.15) is 0 Å². The summed E-state index contributed by atoms with van der Waals surface area (Å²) in [6.45, 7) is 3.94. The standard InChI is InChI=1S/C23H21NO3/c1-16-15-19(13-14-22(25)18-9-5-4-6-10-18)17(2)24(16)21-12-8-7-11-20(21)23(26)27-3/h4-15H,1-3H3/b14-13+. The number of carbonyl (C=O) groups excluding carboxylic acids is 2. The Morgan fingerprint density at radius 1 is 0.963 bits per heavy atom. The lowest BCUT2D eigenvalue weighted by atomic mass is 10.1. The van der Waals surface area contributed by atoms with E-state index in [0.29, 0.717) is 11.1 Å². The molecule has 3 aromatic rings. The molecule has 0 atom stereocenters. The van der Waals surface area contributed by atoms with Crippen molar-refractivity contribution in [1.82, 2.24) is 4.57 Å². The van der Waals surface area contributed by atoms with Gasteiger partial charge in [-0.15, -0.1) is 0 Å². The Morgan fingerprint density at radius 3 is 2.33 bits per heavy atom. The lowest BCUT2D eigenvalue weighted by Crippen LogP contribution is -2.09. The smallest absolute Gasteiger partial charge is 0.339 e. The Kier molecular flexibility index (Phi) is 5.36. The highest BCUT2D eigenvalue weighted by molar-refractivity contribution is 6.06.